The van der Waals surface area contributed by atoms with Crippen LogP contribution in [-0.2, 0) is 4.79 Å². The molecule has 0 aliphatic heterocycles. The Kier molecular flexibility index (Phi) is 3.65. The number of rotatable bonds is 4. The smallest absolute Gasteiger partial charge is 0.325 e. The van der Waals surface area contributed by atoms with Gasteiger partial charge in [0, 0.05) is 12.0 Å². The lowest BCUT2D eigenvalue weighted by molar-refractivity contribution is -0.138. The van der Waals surface area contributed by atoms with Crippen LogP contribution in [0.25, 0.3) is 0 Å². The molecule has 0 aliphatic carbocycles. The first-order valence-electron chi connectivity index (χ1n) is 4.92. The van der Waals surface area contributed by atoms with Crippen LogP contribution in [0.2, 0.25) is 0 Å². The van der Waals surface area contributed by atoms with Crippen LogP contribution in [0.15, 0.2) is 10.6 Å². The third kappa shape index (κ3) is 2.82. The molecule has 1 rings (SSSR count). The molecular formula is C10H14N2O4. The van der Waals surface area contributed by atoms with Crippen LogP contribution in [0.3, 0.4) is 0 Å². The molecule has 1 amide bonds. The summed E-state index contributed by atoms with van der Waals surface area (Å²) >= 11 is 0. The number of amides is 1. The fraction of sp³-hybridized carbons (Fsp3) is 0.500. The number of nitrogens with one attached hydrogen (secondary N) is 1. The van der Waals surface area contributed by atoms with Gasteiger partial charge in [-0.25, -0.2) is 0 Å². The second-order valence-electron chi connectivity index (χ2n) is 3.80. The van der Waals surface area contributed by atoms with Crippen LogP contribution in [0.1, 0.15) is 42.9 Å². The predicted molar refractivity (Wildman–Crippen MR) is 55.2 cm³/mol. The molecule has 88 valence electrons. The first-order chi connectivity index (χ1) is 7.41. The van der Waals surface area contributed by atoms with Crippen molar-refractivity contribution >= 4 is 11.9 Å². The van der Waals surface area contributed by atoms with E-state index in [0.717, 1.165) is 0 Å². The van der Waals surface area contributed by atoms with Crippen molar-refractivity contribution in [2.24, 2.45) is 0 Å². The van der Waals surface area contributed by atoms with E-state index in [-0.39, 0.29) is 11.6 Å². The summed E-state index contributed by atoms with van der Waals surface area (Å²) in [6.07, 6.45) is 0. The molecule has 0 saturated carbocycles. The number of carbonyl (C=O) groups excluding carboxylic acids is 1. The summed E-state index contributed by atoms with van der Waals surface area (Å²) in [5.41, 5.74) is 0.0943. The number of hydrogen-bond donors (Lipinski definition) is 2. The number of carbonyl (C=O) groups is 2. The lowest BCUT2D eigenvalue weighted by atomic mass is 10.1. The van der Waals surface area contributed by atoms with Crippen molar-refractivity contribution in [1.29, 1.82) is 0 Å². The molecule has 6 heteroatoms. The molecule has 0 aliphatic rings. The fourth-order valence-corrected chi connectivity index (χ4v) is 1.00. The molecule has 0 aromatic carbocycles. The SMILES string of the molecule is CC(NC(=O)c1cc(C(C)C)on1)C(=O)O. The van der Waals surface area contributed by atoms with E-state index in [1.54, 1.807) is 0 Å². The molecule has 6 nitrogen and oxygen atoms in total. The minimum atomic E-state index is -1.10. The summed E-state index contributed by atoms with van der Waals surface area (Å²) in [6, 6.07) is 0.556. The lowest BCUT2D eigenvalue weighted by Gasteiger charge is -2.06. The van der Waals surface area contributed by atoms with Crippen LogP contribution in [-0.4, -0.2) is 28.2 Å². The van der Waals surface area contributed by atoms with Crippen molar-refractivity contribution in [2.45, 2.75) is 32.7 Å². The van der Waals surface area contributed by atoms with Gasteiger partial charge in [-0.1, -0.05) is 19.0 Å². The first kappa shape index (κ1) is 12.2. The van der Waals surface area contributed by atoms with Crippen LogP contribution in [0.4, 0.5) is 0 Å². The quantitative estimate of drug-likeness (QED) is 0.799. The molecule has 2 N–H and O–H groups in total. The zero-order valence-electron chi connectivity index (χ0n) is 9.35. The molecule has 1 aromatic rings. The number of aromatic nitrogens is 1. The minimum Gasteiger partial charge on any atom is -0.480 e. The maximum absolute atomic E-state index is 11.5. The number of aliphatic carboxylic acids is 1. The highest BCUT2D eigenvalue weighted by molar-refractivity contribution is 5.94. The monoisotopic (exact) mass is 226 g/mol. The summed E-state index contributed by atoms with van der Waals surface area (Å²) in [7, 11) is 0. The van der Waals surface area contributed by atoms with Gasteiger partial charge in [-0.2, -0.15) is 0 Å². The second-order valence-corrected chi connectivity index (χ2v) is 3.80. The fourth-order valence-electron chi connectivity index (χ4n) is 1.00. The number of carboxylic acid groups (broad SMARTS) is 1. The molecule has 16 heavy (non-hydrogen) atoms. The molecule has 0 spiro atoms. The first-order valence-corrected chi connectivity index (χ1v) is 4.92. The maximum Gasteiger partial charge on any atom is 0.325 e. The van der Waals surface area contributed by atoms with E-state index in [1.807, 2.05) is 13.8 Å². The van der Waals surface area contributed by atoms with Crippen molar-refractivity contribution < 1.29 is 19.2 Å². The van der Waals surface area contributed by atoms with E-state index in [1.165, 1.54) is 13.0 Å². The molecule has 0 saturated heterocycles. The normalized spacial score (nSPS) is 12.5. The largest absolute Gasteiger partial charge is 0.480 e. The lowest BCUT2D eigenvalue weighted by Crippen LogP contribution is -2.38. The number of nitrogens with zero attached hydrogens (tertiary/aromatic N) is 1. The Labute approximate surface area is 92.6 Å². The van der Waals surface area contributed by atoms with Gasteiger partial charge in [-0.15, -0.1) is 0 Å². The zero-order valence-corrected chi connectivity index (χ0v) is 9.35. The molecule has 1 unspecified atom stereocenters. The Hall–Kier alpha value is -1.85. The average molecular weight is 226 g/mol. The second kappa shape index (κ2) is 4.78. The van der Waals surface area contributed by atoms with Gasteiger partial charge in [0.15, 0.2) is 5.69 Å². The van der Waals surface area contributed by atoms with Crippen molar-refractivity contribution in [3.8, 4) is 0 Å². The molecule has 1 heterocycles. The average Bonchev–Trinajstić information content (AvgIpc) is 2.65. The Morgan fingerprint density at radius 3 is 2.50 bits per heavy atom. The third-order valence-corrected chi connectivity index (χ3v) is 2.05. The van der Waals surface area contributed by atoms with Crippen molar-refractivity contribution in [3.05, 3.63) is 17.5 Å². The van der Waals surface area contributed by atoms with E-state index in [4.69, 9.17) is 9.63 Å². The van der Waals surface area contributed by atoms with Gasteiger partial charge in [0.2, 0.25) is 0 Å². The third-order valence-electron chi connectivity index (χ3n) is 2.05. The van der Waals surface area contributed by atoms with Gasteiger partial charge in [0.25, 0.3) is 5.91 Å². The number of carboxylic acids is 1. The van der Waals surface area contributed by atoms with Gasteiger partial charge >= 0.3 is 5.97 Å². The van der Waals surface area contributed by atoms with Crippen LogP contribution < -0.4 is 5.32 Å². The molecule has 1 aromatic heterocycles. The van der Waals surface area contributed by atoms with E-state index >= 15 is 0 Å². The Bertz CT molecular complexity index is 397. The van der Waals surface area contributed by atoms with Gasteiger partial charge in [-0.3, -0.25) is 9.59 Å². The Morgan fingerprint density at radius 1 is 1.44 bits per heavy atom. The molecular weight excluding hydrogens is 212 g/mol. The van der Waals surface area contributed by atoms with Crippen molar-refractivity contribution in [2.75, 3.05) is 0 Å². The highest BCUT2D eigenvalue weighted by Crippen LogP contribution is 2.14. The Morgan fingerprint density at radius 2 is 2.06 bits per heavy atom. The van der Waals surface area contributed by atoms with Gasteiger partial charge < -0.3 is 14.9 Å². The van der Waals surface area contributed by atoms with E-state index in [0.29, 0.717) is 5.76 Å². The van der Waals surface area contributed by atoms with Gasteiger partial charge in [-0.05, 0) is 6.92 Å². The van der Waals surface area contributed by atoms with Crippen LogP contribution in [0, 0.1) is 0 Å². The summed E-state index contributed by atoms with van der Waals surface area (Å²) in [5, 5.41) is 14.5. The molecule has 0 fully saturated rings. The van der Waals surface area contributed by atoms with E-state index in [9.17, 15) is 9.59 Å². The molecule has 0 bridgehead atoms. The van der Waals surface area contributed by atoms with Crippen molar-refractivity contribution in [3.63, 3.8) is 0 Å². The molecule has 0 radical (unpaired) electrons. The maximum atomic E-state index is 11.5. The number of hydrogen-bond acceptors (Lipinski definition) is 4. The van der Waals surface area contributed by atoms with Crippen LogP contribution in [0.5, 0.6) is 0 Å². The molecule has 1 atom stereocenters. The highest BCUT2D eigenvalue weighted by Gasteiger charge is 2.19. The van der Waals surface area contributed by atoms with E-state index < -0.39 is 17.9 Å². The van der Waals surface area contributed by atoms with Crippen molar-refractivity contribution in [1.82, 2.24) is 10.5 Å². The summed E-state index contributed by atoms with van der Waals surface area (Å²) in [6.45, 7) is 5.19. The summed E-state index contributed by atoms with van der Waals surface area (Å²) in [4.78, 5) is 22.0. The summed E-state index contributed by atoms with van der Waals surface area (Å²) < 4.78 is 4.93. The zero-order chi connectivity index (χ0) is 12.3. The highest BCUT2D eigenvalue weighted by atomic mass is 16.5. The van der Waals surface area contributed by atoms with Gasteiger partial charge in [0.1, 0.15) is 11.8 Å². The topological polar surface area (TPSA) is 92.4 Å². The Balaban J connectivity index is 2.70. The summed E-state index contributed by atoms with van der Waals surface area (Å²) in [5.74, 6) is -0.925. The van der Waals surface area contributed by atoms with Gasteiger partial charge in [0.05, 0.1) is 0 Å². The van der Waals surface area contributed by atoms with E-state index in [2.05, 4.69) is 10.5 Å². The standard InChI is InChI=1S/C10H14N2O4/c1-5(2)8-4-7(12-16-8)9(13)11-6(3)10(14)15/h4-6H,1-3H3,(H,11,13)(H,14,15). The van der Waals surface area contributed by atoms with Crippen LogP contribution >= 0.6 is 0 Å². The predicted octanol–water partition coefficient (Wildman–Crippen LogP) is 1.00. The minimum absolute atomic E-state index is 0.0943.